The Balaban J connectivity index is 2.94. The van der Waals surface area contributed by atoms with E-state index in [4.69, 9.17) is 10.1 Å². The van der Waals surface area contributed by atoms with Gasteiger partial charge in [0.25, 0.3) is 0 Å². The molecule has 0 aromatic carbocycles. The third-order valence-corrected chi connectivity index (χ3v) is 2.96. The molecule has 1 aliphatic rings. The van der Waals surface area contributed by atoms with Gasteiger partial charge in [0.1, 0.15) is 0 Å². The summed E-state index contributed by atoms with van der Waals surface area (Å²) in [5, 5.41) is 11.0. The zero-order valence-corrected chi connectivity index (χ0v) is 9.79. The van der Waals surface area contributed by atoms with Gasteiger partial charge in [-0.2, -0.15) is 10.3 Å². The van der Waals surface area contributed by atoms with Crippen LogP contribution in [0.4, 0.5) is 0 Å². The highest BCUT2D eigenvalue weighted by Gasteiger charge is 2.46. The quantitative estimate of drug-likeness (QED) is 0.646. The molecule has 0 atom stereocenters. The number of hydrogen-bond acceptors (Lipinski definition) is 3. The lowest BCUT2D eigenvalue weighted by atomic mass is 9.76. The number of nitriles is 1. The van der Waals surface area contributed by atoms with Crippen molar-refractivity contribution in [2.24, 2.45) is 5.92 Å². The molecule has 0 saturated carbocycles. The van der Waals surface area contributed by atoms with E-state index >= 15 is 0 Å². The van der Waals surface area contributed by atoms with Crippen molar-refractivity contribution in [1.29, 1.82) is 5.26 Å². The normalized spacial score (nSPS) is 27.1. The SMILES string of the molecule is CON1C(C)(C)CC(C#N)CC1(C)C. The fourth-order valence-corrected chi connectivity index (χ4v) is 2.85. The largest absolute Gasteiger partial charge is 0.301 e. The molecule has 0 aromatic heterocycles. The van der Waals surface area contributed by atoms with E-state index in [0.29, 0.717) is 0 Å². The average Bonchev–Trinajstić information content (AvgIpc) is 2.00. The molecule has 0 aliphatic carbocycles. The third kappa shape index (κ3) is 1.92. The van der Waals surface area contributed by atoms with Crippen molar-refractivity contribution >= 4 is 0 Å². The van der Waals surface area contributed by atoms with Crippen LogP contribution < -0.4 is 0 Å². The molecule has 0 unspecified atom stereocenters. The van der Waals surface area contributed by atoms with Gasteiger partial charge in [-0.1, -0.05) is 0 Å². The van der Waals surface area contributed by atoms with E-state index in [1.54, 1.807) is 7.11 Å². The van der Waals surface area contributed by atoms with Gasteiger partial charge in [0, 0.05) is 17.0 Å². The molecular formula is C11H20N2O. The van der Waals surface area contributed by atoms with Crippen LogP contribution in [0, 0.1) is 17.2 Å². The third-order valence-electron chi connectivity index (χ3n) is 2.96. The minimum atomic E-state index is -0.0586. The Labute approximate surface area is 86.6 Å². The first-order chi connectivity index (χ1) is 6.33. The zero-order valence-electron chi connectivity index (χ0n) is 9.79. The van der Waals surface area contributed by atoms with E-state index in [-0.39, 0.29) is 17.0 Å². The summed E-state index contributed by atoms with van der Waals surface area (Å²) in [6.07, 6.45) is 1.75. The lowest BCUT2D eigenvalue weighted by Crippen LogP contribution is -2.59. The summed E-state index contributed by atoms with van der Waals surface area (Å²) in [5.74, 6) is 0.145. The predicted octanol–water partition coefficient (Wildman–Crippen LogP) is 2.34. The molecular weight excluding hydrogens is 176 g/mol. The second-order valence-electron chi connectivity index (χ2n) is 5.34. The van der Waals surface area contributed by atoms with Crippen molar-refractivity contribution in [3.8, 4) is 6.07 Å². The molecule has 0 radical (unpaired) electrons. The molecule has 1 fully saturated rings. The zero-order chi connectivity index (χ0) is 11.0. The van der Waals surface area contributed by atoms with Gasteiger partial charge in [-0.3, -0.25) is 0 Å². The summed E-state index contributed by atoms with van der Waals surface area (Å²) < 4.78 is 0. The molecule has 0 N–H and O–H groups in total. The standard InChI is InChI=1S/C11H20N2O/c1-10(2)6-9(8-12)7-11(3,4)13(10)14-5/h9H,6-7H2,1-5H3. The Morgan fingerprint density at radius 3 is 1.93 bits per heavy atom. The Bertz CT molecular complexity index is 235. The highest BCUT2D eigenvalue weighted by Crippen LogP contribution is 2.40. The van der Waals surface area contributed by atoms with Gasteiger partial charge in [0.05, 0.1) is 13.2 Å². The van der Waals surface area contributed by atoms with Gasteiger partial charge in [0.2, 0.25) is 0 Å². The van der Waals surface area contributed by atoms with Gasteiger partial charge in [0.15, 0.2) is 0 Å². The van der Waals surface area contributed by atoms with Gasteiger partial charge in [-0.15, -0.1) is 0 Å². The molecule has 80 valence electrons. The molecule has 3 nitrogen and oxygen atoms in total. The number of hydroxylamine groups is 2. The Morgan fingerprint density at radius 2 is 1.64 bits per heavy atom. The van der Waals surface area contributed by atoms with E-state index in [0.717, 1.165) is 12.8 Å². The molecule has 3 heteroatoms. The number of rotatable bonds is 1. The maximum absolute atomic E-state index is 9.01. The number of hydrogen-bond donors (Lipinski definition) is 0. The second kappa shape index (κ2) is 3.52. The van der Waals surface area contributed by atoms with Gasteiger partial charge >= 0.3 is 0 Å². The first-order valence-electron chi connectivity index (χ1n) is 5.07. The molecule has 0 amide bonds. The topological polar surface area (TPSA) is 36.3 Å². The van der Waals surface area contributed by atoms with Crippen LogP contribution in [0.25, 0.3) is 0 Å². The van der Waals surface area contributed by atoms with E-state index in [9.17, 15) is 0 Å². The van der Waals surface area contributed by atoms with Gasteiger partial charge in [-0.25, -0.2) is 0 Å². The lowest BCUT2D eigenvalue weighted by molar-refractivity contribution is -0.268. The van der Waals surface area contributed by atoms with Crippen molar-refractivity contribution < 1.29 is 4.84 Å². The van der Waals surface area contributed by atoms with Gasteiger partial charge < -0.3 is 4.84 Å². The summed E-state index contributed by atoms with van der Waals surface area (Å²) in [4.78, 5) is 5.44. The summed E-state index contributed by atoms with van der Waals surface area (Å²) in [5.41, 5.74) is -0.117. The van der Waals surface area contributed by atoms with Gasteiger partial charge in [-0.05, 0) is 40.5 Å². The summed E-state index contributed by atoms with van der Waals surface area (Å²) >= 11 is 0. The molecule has 1 rings (SSSR count). The molecule has 1 heterocycles. The predicted molar refractivity (Wildman–Crippen MR) is 55.3 cm³/mol. The fraction of sp³-hybridized carbons (Fsp3) is 0.909. The van der Waals surface area contributed by atoms with E-state index in [1.807, 2.05) is 5.06 Å². The Hall–Kier alpha value is -0.590. The Morgan fingerprint density at radius 1 is 1.21 bits per heavy atom. The highest BCUT2D eigenvalue weighted by atomic mass is 16.7. The first kappa shape index (κ1) is 11.5. The van der Waals surface area contributed by atoms with E-state index < -0.39 is 0 Å². The summed E-state index contributed by atoms with van der Waals surface area (Å²) in [7, 11) is 1.70. The van der Waals surface area contributed by atoms with Crippen molar-refractivity contribution in [3.63, 3.8) is 0 Å². The molecule has 1 saturated heterocycles. The monoisotopic (exact) mass is 196 g/mol. The van der Waals surface area contributed by atoms with Crippen molar-refractivity contribution in [2.45, 2.75) is 51.6 Å². The first-order valence-corrected chi connectivity index (χ1v) is 5.07. The van der Waals surface area contributed by atoms with Crippen LogP contribution in [-0.2, 0) is 4.84 Å². The molecule has 1 aliphatic heterocycles. The van der Waals surface area contributed by atoms with Crippen LogP contribution in [0.1, 0.15) is 40.5 Å². The van der Waals surface area contributed by atoms with E-state index in [1.165, 1.54) is 0 Å². The molecule has 14 heavy (non-hydrogen) atoms. The Kier molecular flexibility index (Phi) is 2.89. The minimum Gasteiger partial charge on any atom is -0.301 e. The summed E-state index contributed by atoms with van der Waals surface area (Å²) in [6.45, 7) is 8.51. The minimum absolute atomic E-state index is 0.0586. The van der Waals surface area contributed by atoms with Crippen LogP contribution in [-0.4, -0.2) is 23.3 Å². The van der Waals surface area contributed by atoms with Crippen molar-refractivity contribution in [3.05, 3.63) is 0 Å². The highest BCUT2D eigenvalue weighted by molar-refractivity contribution is 5.02. The average molecular weight is 196 g/mol. The fourth-order valence-electron chi connectivity index (χ4n) is 2.85. The van der Waals surface area contributed by atoms with Crippen LogP contribution in [0.3, 0.4) is 0 Å². The smallest absolute Gasteiger partial charge is 0.0657 e. The van der Waals surface area contributed by atoms with Crippen molar-refractivity contribution in [2.75, 3.05) is 7.11 Å². The molecule has 0 aromatic rings. The molecule has 0 spiro atoms. The van der Waals surface area contributed by atoms with E-state index in [2.05, 4.69) is 33.8 Å². The lowest BCUT2D eigenvalue weighted by Gasteiger charge is -2.52. The maximum Gasteiger partial charge on any atom is 0.0657 e. The number of piperidine rings is 1. The van der Waals surface area contributed by atoms with Crippen molar-refractivity contribution in [1.82, 2.24) is 5.06 Å². The maximum atomic E-state index is 9.01. The van der Waals surface area contributed by atoms with Crippen LogP contribution >= 0.6 is 0 Å². The van der Waals surface area contributed by atoms with Crippen LogP contribution in [0.15, 0.2) is 0 Å². The summed E-state index contributed by atoms with van der Waals surface area (Å²) in [6, 6.07) is 2.38. The second-order valence-corrected chi connectivity index (χ2v) is 5.34. The number of nitrogens with zero attached hydrogens (tertiary/aromatic N) is 2. The molecule has 0 bridgehead atoms. The van der Waals surface area contributed by atoms with Crippen LogP contribution in [0.2, 0.25) is 0 Å². The van der Waals surface area contributed by atoms with Crippen LogP contribution in [0.5, 0.6) is 0 Å².